The van der Waals surface area contributed by atoms with Crippen molar-refractivity contribution in [2.45, 2.75) is 46.4 Å². The number of ether oxygens (including phenoxy) is 1. The first-order valence-corrected chi connectivity index (χ1v) is 7.95. The molecule has 2 heterocycles. The van der Waals surface area contributed by atoms with Crippen LogP contribution in [0.3, 0.4) is 0 Å². The van der Waals surface area contributed by atoms with E-state index in [0.717, 1.165) is 36.7 Å². The first kappa shape index (κ1) is 15.3. The second kappa shape index (κ2) is 7.62. The molecule has 4 heteroatoms. The van der Waals surface area contributed by atoms with Crippen molar-refractivity contribution in [3.8, 4) is 0 Å². The molecule has 2 aromatic rings. The third-order valence-electron chi connectivity index (χ3n) is 3.09. The van der Waals surface area contributed by atoms with Crippen molar-refractivity contribution in [3.63, 3.8) is 0 Å². The van der Waals surface area contributed by atoms with Gasteiger partial charge in [-0.1, -0.05) is 19.9 Å². The molecule has 2 aromatic heterocycles. The van der Waals surface area contributed by atoms with E-state index in [1.54, 1.807) is 11.3 Å². The van der Waals surface area contributed by atoms with Crippen LogP contribution in [0.15, 0.2) is 28.0 Å². The van der Waals surface area contributed by atoms with Gasteiger partial charge in [-0.25, -0.2) is 0 Å². The maximum atomic E-state index is 5.74. The van der Waals surface area contributed by atoms with Crippen molar-refractivity contribution in [2.24, 2.45) is 0 Å². The molecule has 20 heavy (non-hydrogen) atoms. The zero-order chi connectivity index (χ0) is 14.4. The van der Waals surface area contributed by atoms with Gasteiger partial charge in [0.2, 0.25) is 0 Å². The highest BCUT2D eigenvalue weighted by Gasteiger charge is 2.08. The van der Waals surface area contributed by atoms with Crippen LogP contribution in [-0.2, 0) is 24.3 Å². The van der Waals surface area contributed by atoms with Crippen LogP contribution in [0.5, 0.6) is 0 Å². The lowest BCUT2D eigenvalue weighted by atomic mass is 10.2. The zero-order valence-electron chi connectivity index (χ0n) is 12.4. The van der Waals surface area contributed by atoms with Gasteiger partial charge in [0.25, 0.3) is 0 Å². The maximum absolute atomic E-state index is 5.74. The molecular weight excluding hydrogens is 270 g/mol. The van der Waals surface area contributed by atoms with Crippen LogP contribution in [0, 0.1) is 6.92 Å². The van der Waals surface area contributed by atoms with E-state index in [9.17, 15) is 0 Å². The Morgan fingerprint density at radius 1 is 1.40 bits per heavy atom. The van der Waals surface area contributed by atoms with Gasteiger partial charge in [-0.05, 0) is 24.4 Å². The van der Waals surface area contributed by atoms with E-state index < -0.39 is 0 Å². The summed E-state index contributed by atoms with van der Waals surface area (Å²) in [6.45, 7) is 8.41. The lowest BCUT2D eigenvalue weighted by Crippen LogP contribution is -2.21. The fourth-order valence-corrected chi connectivity index (χ4v) is 2.62. The second-order valence-electron chi connectivity index (χ2n) is 5.21. The fraction of sp³-hybridized carbons (Fsp3) is 0.500. The highest BCUT2D eigenvalue weighted by Crippen LogP contribution is 2.16. The number of nitrogens with one attached hydrogen (secondary N) is 1. The summed E-state index contributed by atoms with van der Waals surface area (Å²) < 4.78 is 11.5. The Kier molecular flexibility index (Phi) is 5.83. The first-order valence-electron chi connectivity index (χ1n) is 7.07. The van der Waals surface area contributed by atoms with Crippen LogP contribution in [0.2, 0.25) is 0 Å². The summed E-state index contributed by atoms with van der Waals surface area (Å²) in [7, 11) is 0. The second-order valence-corrected chi connectivity index (χ2v) is 6.24. The van der Waals surface area contributed by atoms with Crippen molar-refractivity contribution < 1.29 is 9.15 Å². The van der Waals surface area contributed by atoms with Gasteiger partial charge in [0.1, 0.15) is 11.5 Å². The van der Waals surface area contributed by atoms with Crippen molar-refractivity contribution in [2.75, 3.05) is 6.61 Å². The molecule has 3 nitrogen and oxygen atoms in total. The molecule has 0 aliphatic rings. The number of thiophene rings is 1. The molecule has 0 unspecified atom stereocenters. The largest absolute Gasteiger partial charge is 0.465 e. The van der Waals surface area contributed by atoms with Gasteiger partial charge in [0, 0.05) is 22.9 Å². The lowest BCUT2D eigenvalue weighted by Gasteiger charge is -2.04. The van der Waals surface area contributed by atoms with Crippen LogP contribution in [0.1, 0.15) is 35.8 Å². The van der Waals surface area contributed by atoms with E-state index in [1.807, 2.05) is 6.92 Å². The molecule has 0 saturated heterocycles. The molecule has 0 aromatic carbocycles. The van der Waals surface area contributed by atoms with E-state index >= 15 is 0 Å². The topological polar surface area (TPSA) is 34.4 Å². The van der Waals surface area contributed by atoms with Crippen LogP contribution < -0.4 is 5.32 Å². The minimum Gasteiger partial charge on any atom is -0.465 e. The van der Waals surface area contributed by atoms with E-state index in [4.69, 9.17) is 9.15 Å². The Morgan fingerprint density at radius 2 is 2.25 bits per heavy atom. The summed E-state index contributed by atoms with van der Waals surface area (Å²) in [6, 6.07) is 6.78. The molecule has 0 atom stereocenters. The Morgan fingerprint density at radius 3 is 2.95 bits per heavy atom. The molecule has 0 fully saturated rings. The average molecular weight is 293 g/mol. The van der Waals surface area contributed by atoms with Gasteiger partial charge in [-0.3, -0.25) is 0 Å². The number of hydrogen-bond acceptors (Lipinski definition) is 4. The summed E-state index contributed by atoms with van der Waals surface area (Å²) in [5, 5.41) is 5.46. The van der Waals surface area contributed by atoms with Crippen molar-refractivity contribution in [1.82, 2.24) is 5.32 Å². The Balaban J connectivity index is 1.74. The predicted molar refractivity (Wildman–Crippen MR) is 83.1 cm³/mol. The Hall–Kier alpha value is -1.10. The van der Waals surface area contributed by atoms with Gasteiger partial charge in [0.15, 0.2) is 0 Å². The zero-order valence-corrected chi connectivity index (χ0v) is 13.3. The summed E-state index contributed by atoms with van der Waals surface area (Å²) in [5.41, 5.74) is 1.15. The lowest BCUT2D eigenvalue weighted by molar-refractivity contribution is 0.123. The highest BCUT2D eigenvalue weighted by atomic mass is 32.1. The summed E-state index contributed by atoms with van der Waals surface area (Å²) >= 11 is 1.78. The molecule has 2 rings (SSSR count). The van der Waals surface area contributed by atoms with Crippen LogP contribution >= 0.6 is 11.3 Å². The van der Waals surface area contributed by atoms with Gasteiger partial charge < -0.3 is 14.5 Å². The summed E-state index contributed by atoms with van der Waals surface area (Å²) in [5.74, 6) is 1.94. The monoisotopic (exact) mass is 293 g/mol. The molecule has 0 amide bonds. The molecule has 0 aliphatic heterocycles. The molecular formula is C16H23NO2S. The van der Waals surface area contributed by atoms with Crippen molar-refractivity contribution >= 4 is 11.3 Å². The summed E-state index contributed by atoms with van der Waals surface area (Å²) in [4.78, 5) is 1.37. The molecule has 1 N–H and O–H groups in total. The molecule has 0 bridgehead atoms. The molecule has 0 saturated carbocycles. The molecule has 110 valence electrons. The van der Waals surface area contributed by atoms with Gasteiger partial charge in [-0.2, -0.15) is 0 Å². The predicted octanol–water partition coefficient (Wildman–Crippen LogP) is 3.91. The minimum atomic E-state index is 0.464. The van der Waals surface area contributed by atoms with Crippen LogP contribution in [0.4, 0.5) is 0 Å². The van der Waals surface area contributed by atoms with Gasteiger partial charge in [0.05, 0.1) is 19.8 Å². The molecule has 0 aliphatic carbocycles. The van der Waals surface area contributed by atoms with Crippen LogP contribution in [0.25, 0.3) is 0 Å². The number of furan rings is 1. The standard InChI is InChI=1S/C16H23NO2S/c1-12(2)17-10-15-9-14(13(3)19-15)11-18-7-6-16-5-4-8-20-16/h4-5,8-9,12,17H,6-7,10-11H2,1-3H3. The normalized spacial score (nSPS) is 11.4. The van der Waals surface area contributed by atoms with Gasteiger partial charge >= 0.3 is 0 Å². The first-order chi connectivity index (χ1) is 9.65. The number of hydrogen-bond donors (Lipinski definition) is 1. The third kappa shape index (κ3) is 4.78. The quantitative estimate of drug-likeness (QED) is 0.749. The highest BCUT2D eigenvalue weighted by molar-refractivity contribution is 7.09. The van der Waals surface area contributed by atoms with Crippen LogP contribution in [-0.4, -0.2) is 12.6 Å². The molecule has 0 radical (unpaired) electrons. The van der Waals surface area contributed by atoms with E-state index in [2.05, 4.69) is 42.7 Å². The number of aryl methyl sites for hydroxylation is 1. The maximum Gasteiger partial charge on any atom is 0.118 e. The molecule has 0 spiro atoms. The van der Waals surface area contributed by atoms with E-state index in [0.29, 0.717) is 12.6 Å². The Labute approximate surface area is 125 Å². The minimum absolute atomic E-state index is 0.464. The number of rotatable bonds is 8. The van der Waals surface area contributed by atoms with E-state index in [1.165, 1.54) is 4.88 Å². The average Bonchev–Trinajstić information content (AvgIpc) is 3.02. The van der Waals surface area contributed by atoms with Crippen molar-refractivity contribution in [1.29, 1.82) is 0 Å². The smallest absolute Gasteiger partial charge is 0.118 e. The Bertz CT molecular complexity index is 503. The van der Waals surface area contributed by atoms with Crippen molar-refractivity contribution in [3.05, 3.63) is 45.5 Å². The van der Waals surface area contributed by atoms with E-state index in [-0.39, 0.29) is 0 Å². The van der Waals surface area contributed by atoms with Gasteiger partial charge in [-0.15, -0.1) is 11.3 Å². The SMILES string of the molecule is Cc1oc(CNC(C)C)cc1COCCc1cccs1. The third-order valence-corrected chi connectivity index (χ3v) is 4.02. The summed E-state index contributed by atoms with van der Waals surface area (Å²) in [6.07, 6.45) is 0.982. The fourth-order valence-electron chi connectivity index (χ4n) is 1.93.